The lowest BCUT2D eigenvalue weighted by Crippen LogP contribution is -2.41. The normalized spacial score (nSPS) is 18.3. The van der Waals surface area contributed by atoms with Gasteiger partial charge in [-0.3, -0.25) is 14.2 Å². The summed E-state index contributed by atoms with van der Waals surface area (Å²) in [7, 11) is 0. The summed E-state index contributed by atoms with van der Waals surface area (Å²) in [4.78, 5) is 47.6. The van der Waals surface area contributed by atoms with Crippen LogP contribution in [-0.2, 0) is 19.7 Å². The molecule has 0 bridgehead atoms. The van der Waals surface area contributed by atoms with Gasteiger partial charge in [-0.15, -0.1) is 0 Å². The second-order valence-electron chi connectivity index (χ2n) is 10.4. The van der Waals surface area contributed by atoms with Crippen molar-refractivity contribution in [2.75, 3.05) is 18.1 Å². The third-order valence-electron chi connectivity index (χ3n) is 7.05. The summed E-state index contributed by atoms with van der Waals surface area (Å²) in [5, 5.41) is 0. The Kier molecular flexibility index (Phi) is 6.47. The molecule has 1 amide bonds. The highest BCUT2D eigenvalue weighted by molar-refractivity contribution is 7.07. The lowest BCUT2D eigenvalue weighted by atomic mass is 9.85. The first-order chi connectivity index (χ1) is 18.1. The minimum Gasteiger partial charge on any atom is -0.463 e. The van der Waals surface area contributed by atoms with Gasteiger partial charge in [-0.1, -0.05) is 74.6 Å². The van der Waals surface area contributed by atoms with Gasteiger partial charge in [0.05, 0.1) is 35.2 Å². The number of hydrogen-bond donors (Lipinski definition) is 0. The van der Waals surface area contributed by atoms with E-state index in [4.69, 9.17) is 4.74 Å². The summed E-state index contributed by atoms with van der Waals surface area (Å²) >= 11 is 1.19. The van der Waals surface area contributed by atoms with Crippen molar-refractivity contribution in [2.24, 2.45) is 4.99 Å². The number of para-hydroxylation sites is 1. The number of fused-ring (bicyclic) bond motifs is 2. The van der Waals surface area contributed by atoms with Crippen molar-refractivity contribution in [2.45, 2.75) is 53.0 Å². The second-order valence-corrected chi connectivity index (χ2v) is 11.4. The average Bonchev–Trinajstić information content (AvgIpc) is 3.34. The van der Waals surface area contributed by atoms with Crippen LogP contribution in [0.5, 0.6) is 0 Å². The van der Waals surface area contributed by atoms with Gasteiger partial charge in [0.15, 0.2) is 4.80 Å². The zero-order chi connectivity index (χ0) is 27.4. The summed E-state index contributed by atoms with van der Waals surface area (Å²) in [6, 6.07) is 14.8. The van der Waals surface area contributed by atoms with E-state index in [1.165, 1.54) is 11.3 Å². The van der Waals surface area contributed by atoms with Crippen LogP contribution >= 0.6 is 11.3 Å². The van der Waals surface area contributed by atoms with Gasteiger partial charge in [0.1, 0.15) is 4.53 Å². The molecule has 0 aliphatic carbocycles. The minimum atomic E-state index is -0.720. The van der Waals surface area contributed by atoms with Crippen molar-refractivity contribution in [1.82, 2.24) is 4.57 Å². The molecule has 38 heavy (non-hydrogen) atoms. The van der Waals surface area contributed by atoms with Crippen molar-refractivity contribution >= 4 is 34.5 Å². The number of amides is 1. The first-order valence-electron chi connectivity index (χ1n) is 12.8. The van der Waals surface area contributed by atoms with Crippen LogP contribution in [0.25, 0.3) is 5.57 Å². The molecule has 0 fully saturated rings. The van der Waals surface area contributed by atoms with E-state index < -0.39 is 12.0 Å². The molecule has 0 saturated carbocycles. The van der Waals surface area contributed by atoms with E-state index in [0.717, 1.165) is 22.4 Å². The highest BCUT2D eigenvalue weighted by Crippen LogP contribution is 2.35. The molecule has 0 saturated heterocycles. The average molecular weight is 530 g/mol. The predicted octanol–water partition coefficient (Wildman–Crippen LogP) is 3.83. The number of allylic oxidation sites excluding steroid dienone is 1. The number of hydrogen-bond acceptors (Lipinski definition) is 6. The molecule has 0 N–H and O–H groups in total. The van der Waals surface area contributed by atoms with E-state index in [2.05, 4.69) is 25.8 Å². The van der Waals surface area contributed by atoms with Crippen LogP contribution in [0.3, 0.4) is 0 Å². The molecule has 196 valence electrons. The highest BCUT2D eigenvalue weighted by atomic mass is 32.1. The van der Waals surface area contributed by atoms with E-state index in [-0.39, 0.29) is 23.5 Å². The number of rotatable bonds is 4. The largest absolute Gasteiger partial charge is 0.463 e. The molecule has 0 unspecified atom stereocenters. The minimum absolute atomic E-state index is 0.0499. The van der Waals surface area contributed by atoms with Crippen LogP contribution in [0.2, 0.25) is 0 Å². The molecule has 3 aromatic rings. The molecule has 1 aromatic heterocycles. The Labute approximate surface area is 225 Å². The Hall–Kier alpha value is -3.78. The maximum absolute atomic E-state index is 14.1. The Bertz CT molecular complexity index is 1670. The number of carbonyl (C=O) groups is 2. The van der Waals surface area contributed by atoms with Crippen LogP contribution in [-0.4, -0.2) is 29.6 Å². The van der Waals surface area contributed by atoms with Crippen molar-refractivity contribution in [3.05, 3.63) is 96.2 Å². The van der Waals surface area contributed by atoms with E-state index in [0.29, 0.717) is 32.7 Å². The SMILES string of the molecule is CCOC(=O)C1=C(C)N=c2s/c(=C3\C(=O)N(CC)c4ccccc43)c(=O)n2[C@@H]1c1ccc(C(C)(C)C)cc1. The van der Waals surface area contributed by atoms with Crippen molar-refractivity contribution in [1.29, 1.82) is 0 Å². The lowest BCUT2D eigenvalue weighted by molar-refractivity contribution is -0.139. The fourth-order valence-electron chi connectivity index (χ4n) is 5.14. The third kappa shape index (κ3) is 4.04. The summed E-state index contributed by atoms with van der Waals surface area (Å²) in [6.07, 6.45) is 0. The van der Waals surface area contributed by atoms with Crippen molar-refractivity contribution in [3.8, 4) is 0 Å². The van der Waals surface area contributed by atoms with Crippen LogP contribution < -0.4 is 19.8 Å². The molecule has 0 radical (unpaired) electrons. The molecule has 3 heterocycles. The smallest absolute Gasteiger partial charge is 0.338 e. The van der Waals surface area contributed by atoms with Crippen LogP contribution in [0, 0.1) is 0 Å². The van der Waals surface area contributed by atoms with Gasteiger partial charge in [0, 0.05) is 12.1 Å². The van der Waals surface area contributed by atoms with Gasteiger partial charge in [-0.05, 0) is 43.4 Å². The number of carbonyl (C=O) groups excluding carboxylic acids is 2. The molecule has 5 rings (SSSR count). The predicted molar refractivity (Wildman–Crippen MR) is 149 cm³/mol. The molecule has 0 spiro atoms. The number of ether oxygens (including phenoxy) is 1. The van der Waals surface area contributed by atoms with E-state index in [1.54, 1.807) is 23.3 Å². The van der Waals surface area contributed by atoms with E-state index in [9.17, 15) is 14.4 Å². The molecular weight excluding hydrogens is 498 g/mol. The number of likely N-dealkylation sites (N-methyl/N-ethyl adjacent to an activating group) is 1. The van der Waals surface area contributed by atoms with Gasteiger partial charge < -0.3 is 9.64 Å². The second kappa shape index (κ2) is 9.51. The maximum Gasteiger partial charge on any atom is 0.338 e. The molecular formula is C30H31N3O4S. The highest BCUT2D eigenvalue weighted by Gasteiger charge is 2.37. The van der Waals surface area contributed by atoms with E-state index >= 15 is 0 Å². The maximum atomic E-state index is 14.1. The van der Waals surface area contributed by atoms with Gasteiger partial charge in [0.2, 0.25) is 0 Å². The zero-order valence-electron chi connectivity index (χ0n) is 22.5. The van der Waals surface area contributed by atoms with Gasteiger partial charge in [-0.25, -0.2) is 9.79 Å². The van der Waals surface area contributed by atoms with Crippen LogP contribution in [0.15, 0.2) is 69.6 Å². The Morgan fingerprint density at radius 1 is 1.05 bits per heavy atom. The fraction of sp³-hybridized carbons (Fsp3) is 0.333. The quantitative estimate of drug-likeness (QED) is 0.481. The van der Waals surface area contributed by atoms with Gasteiger partial charge >= 0.3 is 5.97 Å². The molecule has 2 aliphatic heterocycles. The Morgan fingerprint density at radius 3 is 2.37 bits per heavy atom. The van der Waals surface area contributed by atoms with Crippen LogP contribution in [0.1, 0.15) is 64.3 Å². The summed E-state index contributed by atoms with van der Waals surface area (Å²) < 4.78 is 7.27. The number of thiazole rings is 1. The summed E-state index contributed by atoms with van der Waals surface area (Å²) in [5.74, 6) is -0.706. The van der Waals surface area contributed by atoms with Gasteiger partial charge in [-0.2, -0.15) is 0 Å². The first kappa shape index (κ1) is 25.9. The third-order valence-corrected chi connectivity index (χ3v) is 8.10. The number of nitrogens with zero attached hydrogens (tertiary/aromatic N) is 3. The topological polar surface area (TPSA) is 81.0 Å². The molecule has 2 aliphatic rings. The van der Waals surface area contributed by atoms with Crippen molar-refractivity contribution < 1.29 is 14.3 Å². The number of anilines is 1. The fourth-order valence-corrected chi connectivity index (χ4v) is 6.27. The molecule has 2 aromatic carbocycles. The summed E-state index contributed by atoms with van der Waals surface area (Å²) in [5.41, 5.74) is 4.26. The Morgan fingerprint density at radius 2 is 1.74 bits per heavy atom. The standard InChI is InChI=1S/C30H31N3O4S/c1-7-32-21-12-10-9-11-20(21)23(26(32)34)25-27(35)33-24(18-13-15-19(16-14-18)30(4,5)6)22(28(36)37-8-2)17(3)31-29(33)38-25/h9-16,24H,7-8H2,1-6H3/b25-23-/t24-/m1/s1. The van der Waals surface area contributed by atoms with Crippen molar-refractivity contribution in [3.63, 3.8) is 0 Å². The monoisotopic (exact) mass is 529 g/mol. The first-order valence-corrected chi connectivity index (χ1v) is 13.6. The Balaban J connectivity index is 1.79. The molecule has 8 heteroatoms. The van der Waals surface area contributed by atoms with Crippen LogP contribution in [0.4, 0.5) is 5.69 Å². The lowest BCUT2D eigenvalue weighted by Gasteiger charge is -2.26. The molecule has 1 atom stereocenters. The van der Waals surface area contributed by atoms with E-state index in [1.807, 2.05) is 55.5 Å². The zero-order valence-corrected chi connectivity index (χ0v) is 23.3. The number of esters is 1. The summed E-state index contributed by atoms with van der Waals surface area (Å²) in [6.45, 7) is 12.5. The van der Waals surface area contributed by atoms with Gasteiger partial charge in [0.25, 0.3) is 11.5 Å². The number of aromatic nitrogens is 1. The molecule has 7 nitrogen and oxygen atoms in total. The number of benzene rings is 2.